The molecular formula is C16H21Br3ClN5. The third-order valence-electron chi connectivity index (χ3n) is 4.84. The van der Waals surface area contributed by atoms with E-state index in [1.165, 1.54) is 11.1 Å². The quantitative estimate of drug-likeness (QED) is 0.557. The van der Waals surface area contributed by atoms with Crippen LogP contribution >= 0.6 is 60.2 Å². The van der Waals surface area contributed by atoms with Crippen LogP contribution in [0.4, 0.5) is 5.95 Å². The van der Waals surface area contributed by atoms with Gasteiger partial charge in [0.2, 0.25) is 5.95 Å². The number of hydrogen-bond donors (Lipinski definition) is 2. The third kappa shape index (κ3) is 3.75. The van der Waals surface area contributed by atoms with Crippen LogP contribution in [0, 0.1) is 0 Å². The monoisotopic (exact) mass is 555 g/mol. The van der Waals surface area contributed by atoms with Crippen molar-refractivity contribution >= 4 is 77.2 Å². The van der Waals surface area contributed by atoms with Gasteiger partial charge in [0.15, 0.2) is 0 Å². The number of nitrogens with zero attached hydrogens (tertiary/aromatic N) is 3. The summed E-state index contributed by atoms with van der Waals surface area (Å²) in [7, 11) is 0. The molecule has 0 atom stereocenters. The van der Waals surface area contributed by atoms with Gasteiger partial charge in [-0.15, -0.1) is 12.4 Å². The van der Waals surface area contributed by atoms with E-state index in [2.05, 4.69) is 67.9 Å². The molecule has 2 aliphatic heterocycles. The molecule has 0 radical (unpaired) electrons. The maximum atomic E-state index is 4.89. The van der Waals surface area contributed by atoms with Gasteiger partial charge in [0, 0.05) is 54.8 Å². The molecule has 1 aromatic heterocycles. The van der Waals surface area contributed by atoms with Gasteiger partial charge < -0.3 is 15.2 Å². The van der Waals surface area contributed by atoms with Gasteiger partial charge in [0.25, 0.3) is 0 Å². The summed E-state index contributed by atoms with van der Waals surface area (Å²) in [6, 6.07) is 0. The standard InChI is InChI=1S/C16H20Br3N5.ClH/c17-11-10-2-1-6-24-15(10)14(13(19)12(11)18)22-16(24)21-5-9-23-7-3-20-4-8-23;/h20H,1-9H2,(H,21,22);1H. The second kappa shape index (κ2) is 8.44. The SMILES string of the molecule is Brc1c(Br)c2c3c(nc(NCCN4CCNCC4)n3CCC2)c1Br.Cl. The van der Waals surface area contributed by atoms with Crippen LogP contribution in [0.3, 0.4) is 0 Å². The molecule has 1 saturated heterocycles. The minimum absolute atomic E-state index is 0. The van der Waals surface area contributed by atoms with E-state index in [-0.39, 0.29) is 12.4 Å². The van der Waals surface area contributed by atoms with E-state index in [0.29, 0.717) is 0 Å². The third-order valence-corrected chi connectivity index (χ3v) is 8.35. The molecule has 1 aromatic carbocycles. The van der Waals surface area contributed by atoms with Gasteiger partial charge in [-0.05, 0) is 66.2 Å². The number of aryl methyl sites for hydroxylation is 2. The number of aromatic nitrogens is 2. The van der Waals surface area contributed by atoms with Crippen molar-refractivity contribution < 1.29 is 0 Å². The van der Waals surface area contributed by atoms with E-state index in [1.807, 2.05) is 0 Å². The minimum Gasteiger partial charge on any atom is -0.354 e. The Kier molecular flexibility index (Phi) is 6.71. The van der Waals surface area contributed by atoms with Gasteiger partial charge >= 0.3 is 0 Å². The number of imidazole rings is 1. The molecule has 2 aromatic rings. The van der Waals surface area contributed by atoms with Crippen molar-refractivity contribution in [1.29, 1.82) is 0 Å². The summed E-state index contributed by atoms with van der Waals surface area (Å²) in [4.78, 5) is 7.39. The first-order chi connectivity index (χ1) is 11.7. The molecule has 5 nitrogen and oxygen atoms in total. The van der Waals surface area contributed by atoms with Crippen LogP contribution in [0.1, 0.15) is 12.0 Å². The predicted molar refractivity (Wildman–Crippen MR) is 116 cm³/mol. The highest BCUT2D eigenvalue weighted by Crippen LogP contribution is 2.43. The van der Waals surface area contributed by atoms with Gasteiger partial charge in [-0.3, -0.25) is 4.90 Å². The zero-order valence-corrected chi connectivity index (χ0v) is 19.3. The van der Waals surface area contributed by atoms with Crippen molar-refractivity contribution in [3.63, 3.8) is 0 Å². The fourth-order valence-corrected chi connectivity index (χ4v) is 5.36. The molecule has 3 heterocycles. The average Bonchev–Trinajstić information content (AvgIpc) is 2.99. The summed E-state index contributed by atoms with van der Waals surface area (Å²) in [6.45, 7) is 7.47. The number of rotatable bonds is 4. The van der Waals surface area contributed by atoms with Gasteiger partial charge in [-0.2, -0.15) is 0 Å². The predicted octanol–water partition coefficient (Wildman–Crippen LogP) is 4.01. The average molecular weight is 559 g/mol. The van der Waals surface area contributed by atoms with E-state index in [9.17, 15) is 0 Å². The Hall–Kier alpha value is 0.140. The first-order valence-electron chi connectivity index (χ1n) is 8.39. The van der Waals surface area contributed by atoms with E-state index in [1.54, 1.807) is 0 Å². The molecule has 1 fully saturated rings. The zero-order valence-electron chi connectivity index (χ0n) is 13.7. The second-order valence-corrected chi connectivity index (χ2v) is 8.71. The molecule has 2 N–H and O–H groups in total. The summed E-state index contributed by atoms with van der Waals surface area (Å²) < 4.78 is 5.58. The topological polar surface area (TPSA) is 45.1 Å². The van der Waals surface area contributed by atoms with Crippen molar-refractivity contribution in [1.82, 2.24) is 19.8 Å². The van der Waals surface area contributed by atoms with E-state index in [0.717, 1.165) is 83.5 Å². The Morgan fingerprint density at radius 3 is 2.56 bits per heavy atom. The van der Waals surface area contributed by atoms with Gasteiger partial charge in [-0.1, -0.05) is 0 Å². The lowest BCUT2D eigenvalue weighted by Crippen LogP contribution is -2.45. The summed E-state index contributed by atoms with van der Waals surface area (Å²) in [6.07, 6.45) is 2.24. The normalized spacial score (nSPS) is 17.6. The van der Waals surface area contributed by atoms with Crippen molar-refractivity contribution in [3.8, 4) is 0 Å². The van der Waals surface area contributed by atoms with Crippen LogP contribution in [-0.2, 0) is 13.0 Å². The first-order valence-corrected chi connectivity index (χ1v) is 10.8. The summed E-state index contributed by atoms with van der Waals surface area (Å²) in [5.74, 6) is 0.992. The smallest absolute Gasteiger partial charge is 0.203 e. The highest BCUT2D eigenvalue weighted by Gasteiger charge is 2.24. The van der Waals surface area contributed by atoms with Gasteiger partial charge in [0.05, 0.1) is 9.99 Å². The van der Waals surface area contributed by atoms with Crippen LogP contribution in [0.15, 0.2) is 13.4 Å². The van der Waals surface area contributed by atoms with Crippen LogP contribution < -0.4 is 10.6 Å². The van der Waals surface area contributed by atoms with Crippen molar-refractivity contribution in [2.24, 2.45) is 0 Å². The molecule has 25 heavy (non-hydrogen) atoms. The maximum Gasteiger partial charge on any atom is 0.203 e. The lowest BCUT2D eigenvalue weighted by Gasteiger charge is -2.27. The highest BCUT2D eigenvalue weighted by molar-refractivity contribution is 9.14. The second-order valence-electron chi connectivity index (χ2n) is 6.33. The fraction of sp³-hybridized carbons (Fsp3) is 0.562. The number of anilines is 1. The molecule has 2 aliphatic rings. The molecule has 0 unspecified atom stereocenters. The molecule has 138 valence electrons. The Morgan fingerprint density at radius 1 is 1.04 bits per heavy atom. The zero-order chi connectivity index (χ0) is 16.7. The van der Waals surface area contributed by atoms with Crippen LogP contribution in [0.2, 0.25) is 0 Å². The molecule has 0 bridgehead atoms. The Bertz CT molecular complexity index is 773. The Morgan fingerprint density at radius 2 is 1.80 bits per heavy atom. The molecule has 9 heteroatoms. The van der Waals surface area contributed by atoms with Crippen LogP contribution in [0.5, 0.6) is 0 Å². The molecule has 0 spiro atoms. The largest absolute Gasteiger partial charge is 0.354 e. The Labute approximate surface area is 179 Å². The summed E-state index contributed by atoms with van der Waals surface area (Å²) in [5.41, 5.74) is 3.66. The number of hydrogen-bond acceptors (Lipinski definition) is 4. The lowest BCUT2D eigenvalue weighted by molar-refractivity contribution is 0.249. The number of halogens is 4. The molecule has 0 aliphatic carbocycles. The maximum absolute atomic E-state index is 4.89. The minimum atomic E-state index is 0. The number of nitrogens with one attached hydrogen (secondary N) is 2. The van der Waals surface area contributed by atoms with E-state index < -0.39 is 0 Å². The fourth-order valence-electron chi connectivity index (χ4n) is 3.60. The van der Waals surface area contributed by atoms with Crippen LogP contribution in [-0.4, -0.2) is 53.7 Å². The molecule has 0 amide bonds. The molecule has 0 saturated carbocycles. The van der Waals surface area contributed by atoms with Gasteiger partial charge in [0.1, 0.15) is 5.52 Å². The summed E-state index contributed by atoms with van der Waals surface area (Å²) >= 11 is 11.1. The highest BCUT2D eigenvalue weighted by atomic mass is 79.9. The van der Waals surface area contributed by atoms with E-state index in [4.69, 9.17) is 4.98 Å². The number of benzene rings is 1. The Balaban J connectivity index is 0.00000182. The van der Waals surface area contributed by atoms with E-state index >= 15 is 0 Å². The van der Waals surface area contributed by atoms with Crippen molar-refractivity contribution in [3.05, 3.63) is 19.0 Å². The lowest BCUT2D eigenvalue weighted by atomic mass is 10.0. The molecular weight excluding hydrogens is 537 g/mol. The number of piperazine rings is 1. The van der Waals surface area contributed by atoms with Crippen molar-refractivity contribution in [2.75, 3.05) is 44.6 Å². The van der Waals surface area contributed by atoms with Crippen molar-refractivity contribution in [2.45, 2.75) is 19.4 Å². The van der Waals surface area contributed by atoms with Gasteiger partial charge in [-0.25, -0.2) is 4.98 Å². The first kappa shape index (κ1) is 19.9. The molecule has 4 rings (SSSR count). The summed E-state index contributed by atoms with van der Waals surface area (Å²) in [5, 5.41) is 6.96. The van der Waals surface area contributed by atoms with Crippen LogP contribution in [0.25, 0.3) is 11.0 Å².